The van der Waals surface area contributed by atoms with Gasteiger partial charge in [-0.2, -0.15) is 0 Å². The maximum atomic E-state index is 12.5. The molecule has 20 heavy (non-hydrogen) atoms. The van der Waals surface area contributed by atoms with Crippen molar-refractivity contribution in [3.63, 3.8) is 0 Å². The van der Waals surface area contributed by atoms with Gasteiger partial charge in [-0.3, -0.25) is 4.79 Å². The average Bonchev–Trinajstić information content (AvgIpc) is 2.52. The molecule has 0 aromatic heterocycles. The molecule has 0 atom stereocenters. The highest BCUT2D eigenvalue weighted by molar-refractivity contribution is 7.98. The molecule has 0 aliphatic heterocycles. The Morgan fingerprint density at radius 3 is 2.45 bits per heavy atom. The Morgan fingerprint density at radius 1 is 1.10 bits per heavy atom. The number of carbonyl (C=O) groups is 1. The molecular formula is C17H18O2S. The van der Waals surface area contributed by atoms with Crippen LogP contribution in [-0.2, 0) is 0 Å². The topological polar surface area (TPSA) is 26.3 Å². The van der Waals surface area contributed by atoms with Crippen molar-refractivity contribution in [2.75, 3.05) is 12.9 Å². The van der Waals surface area contributed by atoms with Crippen LogP contribution in [0.5, 0.6) is 5.75 Å². The zero-order chi connectivity index (χ0) is 14.4. The van der Waals surface area contributed by atoms with Gasteiger partial charge in [-0.15, -0.1) is 11.8 Å². The minimum absolute atomic E-state index is 0.0528. The van der Waals surface area contributed by atoms with E-state index in [1.54, 1.807) is 11.8 Å². The monoisotopic (exact) mass is 286 g/mol. The summed E-state index contributed by atoms with van der Waals surface area (Å²) < 4.78 is 5.53. The molecule has 0 radical (unpaired) electrons. The van der Waals surface area contributed by atoms with E-state index in [2.05, 4.69) is 6.92 Å². The van der Waals surface area contributed by atoms with Crippen LogP contribution >= 0.6 is 11.8 Å². The molecule has 0 fully saturated rings. The van der Waals surface area contributed by atoms with Gasteiger partial charge in [-0.1, -0.05) is 19.1 Å². The number of ketones is 1. The fourth-order valence-electron chi connectivity index (χ4n) is 1.91. The van der Waals surface area contributed by atoms with Gasteiger partial charge in [0.15, 0.2) is 5.78 Å². The molecule has 0 amide bonds. The highest BCUT2D eigenvalue weighted by Gasteiger charge is 2.12. The minimum atomic E-state index is 0.0528. The van der Waals surface area contributed by atoms with Crippen LogP contribution in [0.15, 0.2) is 53.4 Å². The molecule has 0 saturated heterocycles. The third kappa shape index (κ3) is 3.42. The highest BCUT2D eigenvalue weighted by atomic mass is 32.2. The van der Waals surface area contributed by atoms with Gasteiger partial charge in [-0.05, 0) is 49.1 Å². The Hall–Kier alpha value is -1.74. The van der Waals surface area contributed by atoms with Crippen LogP contribution in [-0.4, -0.2) is 18.6 Å². The fourth-order valence-corrected chi connectivity index (χ4v) is 2.51. The summed E-state index contributed by atoms with van der Waals surface area (Å²) in [4.78, 5) is 13.5. The third-order valence-electron chi connectivity index (χ3n) is 2.94. The Kier molecular flexibility index (Phi) is 5.24. The van der Waals surface area contributed by atoms with E-state index in [0.29, 0.717) is 12.2 Å². The number of benzene rings is 2. The van der Waals surface area contributed by atoms with Crippen LogP contribution in [0.2, 0.25) is 0 Å². The van der Waals surface area contributed by atoms with Crippen LogP contribution in [0.3, 0.4) is 0 Å². The molecule has 0 aliphatic rings. The highest BCUT2D eigenvalue weighted by Crippen LogP contribution is 2.23. The van der Waals surface area contributed by atoms with Gasteiger partial charge >= 0.3 is 0 Å². The maximum absolute atomic E-state index is 12.5. The van der Waals surface area contributed by atoms with Crippen LogP contribution in [0.25, 0.3) is 0 Å². The first-order valence-electron chi connectivity index (χ1n) is 6.67. The standard InChI is InChI=1S/C17H18O2S/c1-3-12-19-14-10-8-13(9-11-14)17(18)15-6-4-5-7-16(15)20-2/h4-11H,3,12H2,1-2H3. The number of carbonyl (C=O) groups excluding carboxylic acids is 1. The molecule has 0 bridgehead atoms. The summed E-state index contributed by atoms with van der Waals surface area (Å²) in [6.45, 7) is 2.76. The predicted molar refractivity (Wildman–Crippen MR) is 83.9 cm³/mol. The first-order valence-corrected chi connectivity index (χ1v) is 7.89. The van der Waals surface area contributed by atoms with E-state index in [4.69, 9.17) is 4.74 Å². The molecule has 2 aromatic rings. The van der Waals surface area contributed by atoms with Gasteiger partial charge in [-0.25, -0.2) is 0 Å². The summed E-state index contributed by atoms with van der Waals surface area (Å²) in [5, 5.41) is 0. The molecule has 3 heteroatoms. The number of hydrogen-bond donors (Lipinski definition) is 0. The molecule has 0 unspecified atom stereocenters. The number of rotatable bonds is 6. The molecule has 0 saturated carbocycles. The lowest BCUT2D eigenvalue weighted by Crippen LogP contribution is -2.03. The van der Waals surface area contributed by atoms with Crippen LogP contribution < -0.4 is 4.74 Å². The molecule has 2 rings (SSSR count). The Labute approximate surface area is 124 Å². The van der Waals surface area contributed by atoms with E-state index in [-0.39, 0.29) is 5.78 Å². The van der Waals surface area contributed by atoms with Crippen molar-refractivity contribution in [2.24, 2.45) is 0 Å². The van der Waals surface area contributed by atoms with Crippen molar-refractivity contribution in [3.8, 4) is 5.75 Å². The van der Waals surface area contributed by atoms with Gasteiger partial charge in [0, 0.05) is 16.0 Å². The smallest absolute Gasteiger partial charge is 0.194 e. The first-order chi connectivity index (χ1) is 9.76. The van der Waals surface area contributed by atoms with E-state index in [0.717, 1.165) is 22.6 Å². The predicted octanol–water partition coefficient (Wildman–Crippen LogP) is 4.43. The van der Waals surface area contributed by atoms with E-state index in [1.165, 1.54) is 0 Å². The zero-order valence-electron chi connectivity index (χ0n) is 11.8. The van der Waals surface area contributed by atoms with Crippen LogP contribution in [0.4, 0.5) is 0 Å². The molecule has 2 nitrogen and oxygen atoms in total. The Morgan fingerprint density at radius 2 is 1.80 bits per heavy atom. The molecule has 2 aromatic carbocycles. The largest absolute Gasteiger partial charge is 0.494 e. The van der Waals surface area contributed by atoms with Gasteiger partial charge in [0.1, 0.15) is 5.75 Å². The lowest BCUT2D eigenvalue weighted by atomic mass is 10.0. The average molecular weight is 286 g/mol. The van der Waals surface area contributed by atoms with Crippen molar-refractivity contribution < 1.29 is 9.53 Å². The quantitative estimate of drug-likeness (QED) is 0.580. The number of hydrogen-bond acceptors (Lipinski definition) is 3. The zero-order valence-corrected chi connectivity index (χ0v) is 12.6. The summed E-state index contributed by atoms with van der Waals surface area (Å²) in [5.41, 5.74) is 1.44. The summed E-state index contributed by atoms with van der Waals surface area (Å²) in [6, 6.07) is 15.0. The van der Waals surface area contributed by atoms with Crippen LogP contribution in [0.1, 0.15) is 29.3 Å². The van der Waals surface area contributed by atoms with E-state index >= 15 is 0 Å². The normalized spacial score (nSPS) is 10.3. The summed E-state index contributed by atoms with van der Waals surface area (Å²) in [7, 11) is 0. The maximum Gasteiger partial charge on any atom is 0.194 e. The van der Waals surface area contributed by atoms with E-state index < -0.39 is 0 Å². The minimum Gasteiger partial charge on any atom is -0.494 e. The SMILES string of the molecule is CCCOc1ccc(C(=O)c2ccccc2SC)cc1. The van der Waals surface area contributed by atoms with Crippen molar-refractivity contribution in [2.45, 2.75) is 18.2 Å². The van der Waals surface area contributed by atoms with Gasteiger partial charge in [0.2, 0.25) is 0 Å². The van der Waals surface area contributed by atoms with Crippen molar-refractivity contribution in [1.29, 1.82) is 0 Å². The molecular weight excluding hydrogens is 268 g/mol. The van der Waals surface area contributed by atoms with Gasteiger partial charge in [0.25, 0.3) is 0 Å². The summed E-state index contributed by atoms with van der Waals surface area (Å²) in [6.07, 6.45) is 2.95. The summed E-state index contributed by atoms with van der Waals surface area (Å²) in [5.74, 6) is 0.860. The van der Waals surface area contributed by atoms with Gasteiger partial charge in [0.05, 0.1) is 6.61 Å². The second-order valence-electron chi connectivity index (χ2n) is 4.40. The van der Waals surface area contributed by atoms with E-state index in [1.807, 2.05) is 54.8 Å². The second kappa shape index (κ2) is 7.15. The van der Waals surface area contributed by atoms with Crippen LogP contribution in [0, 0.1) is 0 Å². The number of ether oxygens (including phenoxy) is 1. The van der Waals surface area contributed by atoms with Crippen molar-refractivity contribution >= 4 is 17.5 Å². The molecule has 104 valence electrons. The second-order valence-corrected chi connectivity index (χ2v) is 5.25. The lowest BCUT2D eigenvalue weighted by Gasteiger charge is -2.08. The number of thioether (sulfide) groups is 1. The molecule has 0 N–H and O–H groups in total. The fraction of sp³-hybridized carbons (Fsp3) is 0.235. The first kappa shape index (κ1) is 14.7. The van der Waals surface area contributed by atoms with Crippen molar-refractivity contribution in [3.05, 3.63) is 59.7 Å². The Balaban J connectivity index is 2.20. The van der Waals surface area contributed by atoms with Crippen molar-refractivity contribution in [1.82, 2.24) is 0 Å². The summed E-state index contributed by atoms with van der Waals surface area (Å²) >= 11 is 1.59. The lowest BCUT2D eigenvalue weighted by molar-refractivity contribution is 0.103. The molecule has 0 aliphatic carbocycles. The Bertz CT molecular complexity index is 576. The molecule has 0 heterocycles. The van der Waals surface area contributed by atoms with Gasteiger partial charge < -0.3 is 4.74 Å². The van der Waals surface area contributed by atoms with E-state index in [9.17, 15) is 4.79 Å². The third-order valence-corrected chi connectivity index (χ3v) is 3.74. The molecule has 0 spiro atoms.